The van der Waals surface area contributed by atoms with Gasteiger partial charge in [-0.3, -0.25) is 15.1 Å². The number of halogens is 1. The van der Waals surface area contributed by atoms with Gasteiger partial charge in [0, 0.05) is 16.0 Å². The lowest BCUT2D eigenvalue weighted by Crippen LogP contribution is -2.14. The Morgan fingerprint density at radius 1 is 1.19 bits per heavy atom. The highest BCUT2D eigenvalue weighted by atomic mass is 79.9. The van der Waals surface area contributed by atoms with E-state index >= 15 is 0 Å². The molecule has 140 valence electrons. The van der Waals surface area contributed by atoms with Crippen LogP contribution in [0.1, 0.15) is 53.7 Å². The molecule has 0 fully saturated rings. The standard InChI is InChI=1S/C20H21BrN4OS/c1-4-13(5-2)19-24-25-20(27-19)23-18(26)16-9-10-17(22-12(16)3)14-7-6-8-15(21)11-14/h6-11,13H,4-5H2,1-3H3,(H,23,25,26). The Hall–Kier alpha value is -2.12. The van der Waals surface area contributed by atoms with Crippen LogP contribution in [0.3, 0.4) is 0 Å². The van der Waals surface area contributed by atoms with E-state index in [9.17, 15) is 4.79 Å². The van der Waals surface area contributed by atoms with Crippen molar-refractivity contribution >= 4 is 38.3 Å². The number of aryl methyl sites for hydroxylation is 1. The van der Waals surface area contributed by atoms with Gasteiger partial charge in [0.25, 0.3) is 5.91 Å². The first-order valence-electron chi connectivity index (χ1n) is 8.90. The first-order chi connectivity index (χ1) is 13.0. The summed E-state index contributed by atoms with van der Waals surface area (Å²) in [6, 6.07) is 11.6. The van der Waals surface area contributed by atoms with Crippen LogP contribution in [-0.4, -0.2) is 21.1 Å². The van der Waals surface area contributed by atoms with E-state index in [1.807, 2.05) is 37.3 Å². The molecule has 3 rings (SSSR count). The molecule has 2 heterocycles. The van der Waals surface area contributed by atoms with Crippen LogP contribution in [0.2, 0.25) is 0 Å². The van der Waals surface area contributed by atoms with Crippen molar-refractivity contribution in [1.29, 1.82) is 0 Å². The lowest BCUT2D eigenvalue weighted by Gasteiger charge is -2.08. The molecule has 0 saturated carbocycles. The SMILES string of the molecule is CCC(CC)c1nnc(NC(=O)c2ccc(-c3cccc(Br)c3)nc2C)s1. The molecule has 7 heteroatoms. The summed E-state index contributed by atoms with van der Waals surface area (Å²) in [6.45, 7) is 6.11. The van der Waals surface area contributed by atoms with Gasteiger partial charge in [0.05, 0.1) is 17.0 Å². The molecule has 0 bridgehead atoms. The lowest BCUT2D eigenvalue weighted by molar-refractivity contribution is 0.102. The molecule has 0 spiro atoms. The summed E-state index contributed by atoms with van der Waals surface area (Å²) >= 11 is 4.91. The first kappa shape index (κ1) is 19.6. The van der Waals surface area contributed by atoms with Crippen molar-refractivity contribution in [2.24, 2.45) is 0 Å². The number of hydrogen-bond donors (Lipinski definition) is 1. The quantitative estimate of drug-likeness (QED) is 0.519. The van der Waals surface area contributed by atoms with Crippen LogP contribution in [0.15, 0.2) is 40.9 Å². The van der Waals surface area contributed by atoms with Crippen molar-refractivity contribution < 1.29 is 4.79 Å². The van der Waals surface area contributed by atoms with Crippen molar-refractivity contribution in [3.8, 4) is 11.3 Å². The molecule has 0 saturated heterocycles. The summed E-state index contributed by atoms with van der Waals surface area (Å²) in [7, 11) is 0. The maximum Gasteiger partial charge on any atom is 0.259 e. The molecule has 3 aromatic rings. The first-order valence-corrected chi connectivity index (χ1v) is 10.5. The zero-order chi connectivity index (χ0) is 19.4. The molecule has 0 aliphatic carbocycles. The lowest BCUT2D eigenvalue weighted by atomic mass is 10.1. The molecule has 27 heavy (non-hydrogen) atoms. The average Bonchev–Trinajstić information content (AvgIpc) is 3.10. The van der Waals surface area contributed by atoms with Crippen molar-refractivity contribution in [3.63, 3.8) is 0 Å². The molecule has 0 radical (unpaired) electrons. The maximum atomic E-state index is 12.6. The summed E-state index contributed by atoms with van der Waals surface area (Å²) in [5.41, 5.74) is 3.04. The molecule has 0 unspecified atom stereocenters. The van der Waals surface area contributed by atoms with E-state index in [0.29, 0.717) is 22.3 Å². The highest BCUT2D eigenvalue weighted by molar-refractivity contribution is 9.10. The van der Waals surface area contributed by atoms with Crippen molar-refractivity contribution in [3.05, 3.63) is 57.1 Å². The van der Waals surface area contributed by atoms with E-state index in [2.05, 4.69) is 50.3 Å². The topological polar surface area (TPSA) is 67.8 Å². The van der Waals surface area contributed by atoms with Crippen LogP contribution in [0, 0.1) is 6.92 Å². The smallest absolute Gasteiger partial charge is 0.259 e. The number of amides is 1. The van der Waals surface area contributed by atoms with E-state index in [-0.39, 0.29) is 5.91 Å². The monoisotopic (exact) mass is 444 g/mol. The van der Waals surface area contributed by atoms with Crippen LogP contribution in [0.4, 0.5) is 5.13 Å². The van der Waals surface area contributed by atoms with Gasteiger partial charge in [0.1, 0.15) is 5.01 Å². The number of carbonyl (C=O) groups excluding carboxylic acids is 1. The molecule has 0 atom stereocenters. The van der Waals surface area contributed by atoms with Gasteiger partial charge in [-0.2, -0.15) is 0 Å². The van der Waals surface area contributed by atoms with Crippen molar-refractivity contribution in [1.82, 2.24) is 15.2 Å². The third-order valence-electron chi connectivity index (χ3n) is 4.45. The fourth-order valence-corrected chi connectivity index (χ4v) is 4.27. The van der Waals surface area contributed by atoms with Gasteiger partial charge < -0.3 is 0 Å². The van der Waals surface area contributed by atoms with Gasteiger partial charge >= 0.3 is 0 Å². The van der Waals surface area contributed by atoms with Crippen LogP contribution in [-0.2, 0) is 0 Å². The van der Waals surface area contributed by atoms with Crippen LogP contribution >= 0.6 is 27.3 Å². The van der Waals surface area contributed by atoms with Crippen molar-refractivity contribution in [2.75, 3.05) is 5.32 Å². The largest absolute Gasteiger partial charge is 0.296 e. The molecule has 1 amide bonds. The zero-order valence-electron chi connectivity index (χ0n) is 15.5. The summed E-state index contributed by atoms with van der Waals surface area (Å²) < 4.78 is 0.991. The number of nitrogens with one attached hydrogen (secondary N) is 1. The third-order valence-corrected chi connectivity index (χ3v) is 5.94. The Morgan fingerprint density at radius 2 is 1.96 bits per heavy atom. The third kappa shape index (κ3) is 4.59. The van der Waals surface area contributed by atoms with Gasteiger partial charge in [0.15, 0.2) is 0 Å². The predicted molar refractivity (Wildman–Crippen MR) is 113 cm³/mol. The Bertz CT molecular complexity index is 953. The number of rotatable bonds is 6. The van der Waals surface area contributed by atoms with Crippen LogP contribution in [0.25, 0.3) is 11.3 Å². The van der Waals surface area contributed by atoms with E-state index in [0.717, 1.165) is 33.6 Å². The minimum Gasteiger partial charge on any atom is -0.296 e. The van der Waals surface area contributed by atoms with Crippen LogP contribution < -0.4 is 5.32 Å². The summed E-state index contributed by atoms with van der Waals surface area (Å²) in [4.78, 5) is 17.2. The van der Waals surface area contributed by atoms with Gasteiger partial charge in [0.2, 0.25) is 5.13 Å². The van der Waals surface area contributed by atoms with Gasteiger partial charge in [-0.05, 0) is 44.0 Å². The fraction of sp³-hybridized carbons (Fsp3) is 0.300. The molecule has 1 aromatic carbocycles. The molecule has 2 aromatic heterocycles. The highest BCUT2D eigenvalue weighted by Crippen LogP contribution is 2.28. The maximum absolute atomic E-state index is 12.6. The second kappa shape index (κ2) is 8.71. The van der Waals surface area contributed by atoms with E-state index < -0.39 is 0 Å². The average molecular weight is 445 g/mol. The van der Waals surface area contributed by atoms with E-state index in [1.165, 1.54) is 11.3 Å². The number of hydrogen-bond acceptors (Lipinski definition) is 5. The van der Waals surface area contributed by atoms with Gasteiger partial charge in [-0.1, -0.05) is 53.2 Å². The van der Waals surface area contributed by atoms with Gasteiger partial charge in [-0.15, -0.1) is 10.2 Å². The Morgan fingerprint density at radius 3 is 2.63 bits per heavy atom. The molecular weight excluding hydrogens is 424 g/mol. The fourth-order valence-electron chi connectivity index (χ4n) is 2.86. The minimum absolute atomic E-state index is 0.215. The van der Waals surface area contributed by atoms with E-state index in [4.69, 9.17) is 0 Å². The minimum atomic E-state index is -0.215. The molecular formula is C20H21BrN4OS. The number of benzene rings is 1. The number of anilines is 1. The Kier molecular flexibility index (Phi) is 6.34. The Balaban J connectivity index is 1.77. The Labute approximate surface area is 171 Å². The second-order valence-electron chi connectivity index (χ2n) is 6.25. The summed E-state index contributed by atoms with van der Waals surface area (Å²) in [6.07, 6.45) is 2.03. The van der Waals surface area contributed by atoms with E-state index in [1.54, 1.807) is 6.07 Å². The normalized spacial score (nSPS) is 11.0. The molecule has 0 aliphatic rings. The number of aromatic nitrogens is 3. The van der Waals surface area contributed by atoms with Gasteiger partial charge in [-0.25, -0.2) is 0 Å². The number of pyridine rings is 1. The zero-order valence-corrected chi connectivity index (χ0v) is 17.9. The summed E-state index contributed by atoms with van der Waals surface area (Å²) in [5, 5.41) is 12.7. The van der Waals surface area contributed by atoms with Crippen LogP contribution in [0.5, 0.6) is 0 Å². The van der Waals surface area contributed by atoms with Crippen molar-refractivity contribution in [2.45, 2.75) is 39.5 Å². The molecule has 5 nitrogen and oxygen atoms in total. The number of nitrogens with zero attached hydrogens (tertiary/aromatic N) is 3. The molecule has 0 aliphatic heterocycles. The highest BCUT2D eigenvalue weighted by Gasteiger charge is 2.17. The summed E-state index contributed by atoms with van der Waals surface area (Å²) in [5.74, 6) is 0.175. The number of carbonyl (C=O) groups is 1. The second-order valence-corrected chi connectivity index (χ2v) is 8.18. The molecule has 1 N–H and O–H groups in total. The predicted octanol–water partition coefficient (Wildman–Crippen LogP) is 5.83.